The van der Waals surface area contributed by atoms with Crippen LogP contribution < -0.4 is 4.74 Å². The van der Waals surface area contributed by atoms with Crippen LogP contribution in [0, 0.1) is 12.3 Å². The summed E-state index contributed by atoms with van der Waals surface area (Å²) in [5.74, 6) is 2.66. The third kappa shape index (κ3) is 4.16. The maximum absolute atomic E-state index is 12.3. The van der Waals surface area contributed by atoms with Crippen LogP contribution in [0.2, 0.25) is 0 Å². The summed E-state index contributed by atoms with van der Waals surface area (Å²) in [5, 5.41) is 2.01. The van der Waals surface area contributed by atoms with Gasteiger partial charge in [-0.2, -0.15) is 0 Å². The van der Waals surface area contributed by atoms with Crippen LogP contribution in [0.3, 0.4) is 0 Å². The molecular formula is C23H19NO3. The van der Waals surface area contributed by atoms with Gasteiger partial charge in [-0.15, -0.1) is 6.42 Å². The van der Waals surface area contributed by atoms with Gasteiger partial charge in [0.1, 0.15) is 12.4 Å². The van der Waals surface area contributed by atoms with Gasteiger partial charge >= 0.3 is 5.97 Å². The molecule has 1 unspecified atom stereocenters. The Labute approximate surface area is 158 Å². The molecule has 3 rings (SSSR count). The zero-order valence-electron chi connectivity index (χ0n) is 15.0. The maximum Gasteiger partial charge on any atom is 0.335 e. The van der Waals surface area contributed by atoms with E-state index in [2.05, 4.69) is 10.9 Å². The zero-order chi connectivity index (χ0) is 19.1. The topological polar surface area (TPSA) is 47.9 Å². The van der Waals surface area contributed by atoms with Crippen LogP contribution in [-0.2, 0) is 9.53 Å². The zero-order valence-corrected chi connectivity index (χ0v) is 15.0. The van der Waals surface area contributed by atoms with E-state index in [0.29, 0.717) is 5.75 Å². The van der Waals surface area contributed by atoms with Crippen molar-refractivity contribution in [3.8, 4) is 18.1 Å². The smallest absolute Gasteiger partial charge is 0.335 e. The summed E-state index contributed by atoms with van der Waals surface area (Å²) in [7, 11) is 1.35. The Morgan fingerprint density at radius 1 is 1.11 bits per heavy atom. The van der Waals surface area contributed by atoms with Gasteiger partial charge in [-0.1, -0.05) is 66.6 Å². The van der Waals surface area contributed by atoms with Gasteiger partial charge in [-0.25, -0.2) is 4.79 Å². The Morgan fingerprint density at radius 3 is 2.59 bits per heavy atom. The second-order valence-electron chi connectivity index (χ2n) is 5.81. The van der Waals surface area contributed by atoms with Crippen LogP contribution in [0.4, 0.5) is 0 Å². The number of rotatable bonds is 6. The van der Waals surface area contributed by atoms with Crippen LogP contribution in [0.15, 0.2) is 71.7 Å². The van der Waals surface area contributed by atoms with Crippen molar-refractivity contribution < 1.29 is 14.3 Å². The highest BCUT2D eigenvalue weighted by molar-refractivity contribution is 6.03. The first kappa shape index (κ1) is 18.2. The number of nitrogens with zero attached hydrogens (tertiary/aromatic N) is 1. The van der Waals surface area contributed by atoms with Crippen molar-refractivity contribution in [3.05, 3.63) is 77.9 Å². The van der Waals surface area contributed by atoms with Crippen LogP contribution in [0.1, 0.15) is 17.2 Å². The van der Waals surface area contributed by atoms with Gasteiger partial charge in [0.25, 0.3) is 0 Å². The van der Waals surface area contributed by atoms with E-state index in [0.717, 1.165) is 21.9 Å². The molecule has 0 bridgehead atoms. The summed E-state index contributed by atoms with van der Waals surface area (Å²) in [5.41, 5.74) is 1.53. The number of terminal acetylenes is 1. The summed E-state index contributed by atoms with van der Waals surface area (Å²) in [6.45, 7) is 0.151. The number of hydrogen-bond donors (Lipinski definition) is 0. The van der Waals surface area contributed by atoms with Gasteiger partial charge in [0, 0.05) is 11.8 Å². The molecule has 0 saturated heterocycles. The van der Waals surface area contributed by atoms with E-state index in [-0.39, 0.29) is 6.61 Å². The second-order valence-corrected chi connectivity index (χ2v) is 5.81. The third-order valence-corrected chi connectivity index (χ3v) is 4.13. The standard InChI is InChI=1S/C23H19NO3/c1-3-15-27-21-14-13-17-9-7-8-12-19(17)20(21)16-24-22(23(25)26-2)18-10-5-4-6-11-18/h1,4-14,16,22H,15H2,2H3. The maximum atomic E-state index is 12.3. The molecular weight excluding hydrogens is 338 g/mol. The Hall–Kier alpha value is -3.58. The molecule has 0 radical (unpaired) electrons. The van der Waals surface area contributed by atoms with Gasteiger partial charge in [0.2, 0.25) is 0 Å². The number of esters is 1. The molecule has 0 aliphatic heterocycles. The average Bonchev–Trinajstić information content (AvgIpc) is 2.73. The molecule has 0 spiro atoms. The summed E-state index contributed by atoms with van der Waals surface area (Å²) in [6, 6.07) is 20.3. The molecule has 0 amide bonds. The Kier molecular flexibility index (Phi) is 5.86. The predicted octanol–water partition coefficient (Wildman–Crippen LogP) is 4.19. The second kappa shape index (κ2) is 8.68. The molecule has 0 N–H and O–H groups in total. The summed E-state index contributed by atoms with van der Waals surface area (Å²) < 4.78 is 10.6. The Morgan fingerprint density at radius 2 is 1.85 bits per heavy atom. The SMILES string of the molecule is C#CCOc1ccc2ccccc2c1C=NC(C(=O)OC)c1ccccc1. The molecule has 0 saturated carbocycles. The monoisotopic (exact) mass is 357 g/mol. The van der Waals surface area contributed by atoms with E-state index in [1.165, 1.54) is 7.11 Å². The van der Waals surface area contributed by atoms with E-state index in [1.54, 1.807) is 6.21 Å². The van der Waals surface area contributed by atoms with Gasteiger partial charge in [-0.05, 0) is 22.4 Å². The number of ether oxygens (including phenoxy) is 2. The molecule has 4 nitrogen and oxygen atoms in total. The summed E-state index contributed by atoms with van der Waals surface area (Å²) in [4.78, 5) is 16.8. The fraction of sp³-hybridized carbons (Fsp3) is 0.130. The van der Waals surface area contributed by atoms with Crippen LogP contribution in [-0.4, -0.2) is 25.9 Å². The van der Waals surface area contributed by atoms with Crippen LogP contribution >= 0.6 is 0 Å². The van der Waals surface area contributed by atoms with Crippen molar-refractivity contribution in [3.63, 3.8) is 0 Å². The highest BCUT2D eigenvalue weighted by Crippen LogP contribution is 2.28. The molecule has 3 aromatic carbocycles. The number of fused-ring (bicyclic) bond motifs is 1. The molecule has 1 atom stereocenters. The lowest BCUT2D eigenvalue weighted by molar-refractivity contribution is -0.142. The molecule has 3 aromatic rings. The lowest BCUT2D eigenvalue weighted by atomic mass is 10.0. The number of aliphatic imine (C=N–C) groups is 1. The molecule has 0 aliphatic carbocycles. The first-order valence-corrected chi connectivity index (χ1v) is 8.48. The van der Waals surface area contributed by atoms with Crippen molar-refractivity contribution in [1.29, 1.82) is 0 Å². The number of carbonyl (C=O) groups excluding carboxylic acids is 1. The van der Waals surface area contributed by atoms with E-state index >= 15 is 0 Å². The minimum absolute atomic E-state index is 0.151. The quantitative estimate of drug-likeness (QED) is 0.378. The van der Waals surface area contributed by atoms with E-state index in [9.17, 15) is 4.79 Å². The summed E-state index contributed by atoms with van der Waals surface area (Å²) in [6.07, 6.45) is 6.98. The summed E-state index contributed by atoms with van der Waals surface area (Å²) >= 11 is 0. The minimum atomic E-state index is -0.754. The van der Waals surface area contributed by atoms with Crippen LogP contribution in [0.25, 0.3) is 10.8 Å². The fourth-order valence-corrected chi connectivity index (χ4v) is 2.83. The molecule has 4 heteroatoms. The Bertz CT molecular complexity index is 1000. The van der Waals surface area contributed by atoms with Crippen molar-refractivity contribution in [2.24, 2.45) is 4.99 Å². The molecule has 0 aliphatic rings. The number of hydrogen-bond acceptors (Lipinski definition) is 4. The molecule has 134 valence electrons. The minimum Gasteiger partial charge on any atom is -0.480 e. The highest BCUT2D eigenvalue weighted by Gasteiger charge is 2.20. The number of methoxy groups -OCH3 is 1. The largest absolute Gasteiger partial charge is 0.480 e. The highest BCUT2D eigenvalue weighted by atomic mass is 16.5. The van der Waals surface area contributed by atoms with E-state index in [4.69, 9.17) is 15.9 Å². The van der Waals surface area contributed by atoms with Crippen molar-refractivity contribution >= 4 is 23.0 Å². The van der Waals surface area contributed by atoms with Crippen LogP contribution in [0.5, 0.6) is 5.75 Å². The number of carbonyl (C=O) groups is 1. The van der Waals surface area contributed by atoms with Gasteiger partial charge in [0.05, 0.1) is 7.11 Å². The first-order valence-electron chi connectivity index (χ1n) is 8.48. The predicted molar refractivity (Wildman–Crippen MR) is 107 cm³/mol. The van der Waals surface area contributed by atoms with Gasteiger partial charge < -0.3 is 9.47 Å². The molecule has 0 aromatic heterocycles. The van der Waals surface area contributed by atoms with E-state index in [1.807, 2.05) is 66.7 Å². The van der Waals surface area contributed by atoms with E-state index < -0.39 is 12.0 Å². The van der Waals surface area contributed by atoms with Crippen molar-refractivity contribution in [1.82, 2.24) is 0 Å². The Balaban J connectivity index is 2.07. The number of benzene rings is 3. The van der Waals surface area contributed by atoms with Crippen molar-refractivity contribution in [2.45, 2.75) is 6.04 Å². The van der Waals surface area contributed by atoms with Gasteiger partial charge in [-0.3, -0.25) is 4.99 Å². The molecule has 0 heterocycles. The fourth-order valence-electron chi connectivity index (χ4n) is 2.83. The third-order valence-electron chi connectivity index (χ3n) is 4.13. The lowest BCUT2D eigenvalue weighted by Crippen LogP contribution is -2.12. The van der Waals surface area contributed by atoms with Gasteiger partial charge in [0.15, 0.2) is 6.04 Å². The lowest BCUT2D eigenvalue weighted by Gasteiger charge is -2.13. The average molecular weight is 357 g/mol. The molecule has 0 fully saturated rings. The first-order chi connectivity index (χ1) is 13.2. The normalized spacial score (nSPS) is 11.9. The van der Waals surface area contributed by atoms with Crippen molar-refractivity contribution in [2.75, 3.05) is 13.7 Å². The molecule has 27 heavy (non-hydrogen) atoms.